The minimum absolute atomic E-state index is 0.196. The quantitative estimate of drug-likeness (QED) is 0.677. The fourth-order valence-corrected chi connectivity index (χ4v) is 3.41. The molecule has 1 aromatic heterocycles. The molecular formula is C15H23N3O2S. The molecule has 1 fully saturated rings. The number of hydrogen-bond donors (Lipinski definition) is 3. The number of anilines is 2. The SMILES string of the molecule is C=CCNC(=O)c1sc(NCC2(C)CCC2)c(OC)c1N. The summed E-state index contributed by atoms with van der Waals surface area (Å²) in [5.74, 6) is 0.366. The number of hydrogen-bond acceptors (Lipinski definition) is 5. The van der Waals surface area contributed by atoms with E-state index >= 15 is 0 Å². The summed E-state index contributed by atoms with van der Waals surface area (Å²) in [4.78, 5) is 12.5. The predicted octanol–water partition coefficient (Wildman–Crippen LogP) is 2.86. The predicted molar refractivity (Wildman–Crippen MR) is 88.3 cm³/mol. The van der Waals surface area contributed by atoms with Crippen LogP contribution in [0.3, 0.4) is 0 Å². The summed E-state index contributed by atoms with van der Waals surface area (Å²) in [5.41, 5.74) is 6.77. The molecule has 4 N–H and O–H groups in total. The first-order chi connectivity index (χ1) is 10.0. The highest BCUT2D eigenvalue weighted by Gasteiger charge is 2.32. The Morgan fingerprint density at radius 3 is 2.81 bits per heavy atom. The normalized spacial score (nSPS) is 15.9. The lowest BCUT2D eigenvalue weighted by molar-refractivity contribution is 0.0962. The van der Waals surface area contributed by atoms with E-state index in [2.05, 4.69) is 24.1 Å². The zero-order valence-corrected chi connectivity index (χ0v) is 13.4. The van der Waals surface area contributed by atoms with Crippen molar-refractivity contribution < 1.29 is 9.53 Å². The average Bonchev–Trinajstić information content (AvgIpc) is 2.76. The van der Waals surface area contributed by atoms with Crippen molar-refractivity contribution in [3.8, 4) is 5.75 Å². The summed E-state index contributed by atoms with van der Waals surface area (Å²) in [6, 6.07) is 0. The first-order valence-electron chi connectivity index (χ1n) is 7.10. The second-order valence-corrected chi connectivity index (χ2v) is 6.74. The highest BCUT2D eigenvalue weighted by Crippen LogP contribution is 2.45. The highest BCUT2D eigenvalue weighted by molar-refractivity contribution is 7.19. The fraction of sp³-hybridized carbons (Fsp3) is 0.533. The van der Waals surface area contributed by atoms with Gasteiger partial charge < -0.3 is 21.1 Å². The molecule has 0 aromatic carbocycles. The molecule has 0 aliphatic heterocycles. The number of nitrogens with two attached hydrogens (primary N) is 1. The van der Waals surface area contributed by atoms with Gasteiger partial charge in [0.25, 0.3) is 5.91 Å². The number of rotatable bonds is 7. The van der Waals surface area contributed by atoms with Gasteiger partial charge in [-0.25, -0.2) is 0 Å². The van der Waals surface area contributed by atoms with Gasteiger partial charge in [0, 0.05) is 13.1 Å². The third-order valence-electron chi connectivity index (χ3n) is 3.95. The molecule has 0 radical (unpaired) electrons. The van der Waals surface area contributed by atoms with Gasteiger partial charge >= 0.3 is 0 Å². The van der Waals surface area contributed by atoms with Gasteiger partial charge in [0.05, 0.1) is 7.11 Å². The van der Waals surface area contributed by atoms with Crippen molar-refractivity contribution in [2.45, 2.75) is 26.2 Å². The van der Waals surface area contributed by atoms with Crippen LogP contribution in [-0.2, 0) is 0 Å². The molecule has 1 saturated carbocycles. The summed E-state index contributed by atoms with van der Waals surface area (Å²) < 4.78 is 5.35. The number of methoxy groups -OCH3 is 1. The maximum Gasteiger partial charge on any atom is 0.263 e. The molecule has 1 aromatic rings. The third kappa shape index (κ3) is 3.32. The first kappa shape index (κ1) is 15.7. The van der Waals surface area contributed by atoms with Gasteiger partial charge in [0.2, 0.25) is 0 Å². The molecule has 6 heteroatoms. The highest BCUT2D eigenvalue weighted by atomic mass is 32.1. The Labute approximate surface area is 129 Å². The zero-order valence-electron chi connectivity index (χ0n) is 12.6. The number of carbonyl (C=O) groups excluding carboxylic acids is 1. The van der Waals surface area contributed by atoms with Crippen LogP contribution in [0.4, 0.5) is 10.7 Å². The van der Waals surface area contributed by atoms with Gasteiger partial charge in [-0.2, -0.15) is 0 Å². The molecule has 0 saturated heterocycles. The van der Waals surface area contributed by atoms with Crippen LogP contribution >= 0.6 is 11.3 Å². The Morgan fingerprint density at radius 1 is 1.57 bits per heavy atom. The molecule has 5 nitrogen and oxygen atoms in total. The Balaban J connectivity index is 2.13. The van der Waals surface area contributed by atoms with E-state index in [1.54, 1.807) is 13.2 Å². The molecule has 1 aliphatic rings. The summed E-state index contributed by atoms with van der Waals surface area (Å²) in [7, 11) is 1.57. The second-order valence-electron chi connectivity index (χ2n) is 5.72. The Hall–Kier alpha value is -1.69. The molecule has 21 heavy (non-hydrogen) atoms. The molecule has 1 aliphatic carbocycles. The topological polar surface area (TPSA) is 76.4 Å². The van der Waals surface area contributed by atoms with Gasteiger partial charge in [-0.15, -0.1) is 17.9 Å². The van der Waals surface area contributed by atoms with Crippen LogP contribution in [0, 0.1) is 5.41 Å². The van der Waals surface area contributed by atoms with Crippen LogP contribution in [0.2, 0.25) is 0 Å². The molecule has 0 atom stereocenters. The summed E-state index contributed by atoms with van der Waals surface area (Å²) >= 11 is 1.34. The lowest BCUT2D eigenvalue weighted by Crippen LogP contribution is -2.33. The van der Waals surface area contributed by atoms with E-state index in [9.17, 15) is 4.79 Å². The van der Waals surface area contributed by atoms with E-state index in [-0.39, 0.29) is 5.91 Å². The van der Waals surface area contributed by atoms with Crippen LogP contribution in [0.25, 0.3) is 0 Å². The zero-order chi connectivity index (χ0) is 15.5. The molecule has 2 rings (SSSR count). The average molecular weight is 309 g/mol. The van der Waals surface area contributed by atoms with Crippen molar-refractivity contribution in [1.82, 2.24) is 5.32 Å². The largest absolute Gasteiger partial charge is 0.492 e. The third-order valence-corrected chi connectivity index (χ3v) is 5.10. The molecule has 0 spiro atoms. The Bertz CT molecular complexity index is 535. The molecule has 0 unspecified atom stereocenters. The fourth-order valence-electron chi connectivity index (χ4n) is 2.41. The number of nitrogens with one attached hydrogen (secondary N) is 2. The van der Waals surface area contributed by atoms with Crippen LogP contribution in [-0.4, -0.2) is 26.1 Å². The van der Waals surface area contributed by atoms with Crippen LogP contribution in [0.5, 0.6) is 5.75 Å². The minimum atomic E-state index is -0.196. The summed E-state index contributed by atoms with van der Waals surface area (Å²) in [6.07, 6.45) is 5.39. The van der Waals surface area contributed by atoms with Crippen molar-refractivity contribution >= 4 is 27.9 Å². The molecule has 1 heterocycles. The number of nitrogen functional groups attached to an aromatic ring is 1. The number of thiophene rings is 1. The van der Waals surface area contributed by atoms with E-state index < -0.39 is 0 Å². The van der Waals surface area contributed by atoms with E-state index in [0.29, 0.717) is 28.3 Å². The van der Waals surface area contributed by atoms with Crippen molar-refractivity contribution in [2.24, 2.45) is 5.41 Å². The van der Waals surface area contributed by atoms with Gasteiger partial charge in [-0.3, -0.25) is 4.79 Å². The molecule has 0 bridgehead atoms. The minimum Gasteiger partial charge on any atom is -0.492 e. The van der Waals surface area contributed by atoms with E-state index in [1.165, 1.54) is 30.6 Å². The first-order valence-corrected chi connectivity index (χ1v) is 7.91. The number of carbonyl (C=O) groups is 1. The van der Waals surface area contributed by atoms with E-state index in [4.69, 9.17) is 10.5 Å². The standard InChI is InChI=1S/C15H23N3O2S/c1-4-8-17-13(19)12-10(16)11(20-3)14(21-12)18-9-15(2)6-5-7-15/h4,18H,1,5-9,16H2,2-3H3,(H,17,19). The van der Waals surface area contributed by atoms with Gasteiger partial charge in [-0.05, 0) is 18.3 Å². The number of ether oxygens (including phenoxy) is 1. The van der Waals surface area contributed by atoms with Crippen molar-refractivity contribution in [3.05, 3.63) is 17.5 Å². The Kier molecular flexibility index (Phi) is 4.77. The molecule has 116 valence electrons. The van der Waals surface area contributed by atoms with Crippen LogP contribution in [0.15, 0.2) is 12.7 Å². The lowest BCUT2D eigenvalue weighted by atomic mass is 9.70. The maximum atomic E-state index is 12.1. The molecular weight excluding hydrogens is 286 g/mol. The molecule has 1 amide bonds. The van der Waals surface area contributed by atoms with Crippen molar-refractivity contribution in [3.63, 3.8) is 0 Å². The van der Waals surface area contributed by atoms with Gasteiger partial charge in [-0.1, -0.05) is 19.4 Å². The maximum absolute atomic E-state index is 12.1. The van der Waals surface area contributed by atoms with E-state index in [1.807, 2.05) is 0 Å². The smallest absolute Gasteiger partial charge is 0.263 e. The summed E-state index contributed by atoms with van der Waals surface area (Å²) in [6.45, 7) is 7.14. The van der Waals surface area contributed by atoms with Crippen LogP contribution in [0.1, 0.15) is 35.9 Å². The van der Waals surface area contributed by atoms with Crippen molar-refractivity contribution in [2.75, 3.05) is 31.2 Å². The number of amides is 1. The lowest BCUT2D eigenvalue weighted by Gasteiger charge is -2.38. The monoisotopic (exact) mass is 309 g/mol. The Morgan fingerprint density at radius 2 is 2.29 bits per heavy atom. The van der Waals surface area contributed by atoms with Gasteiger partial charge in [0.1, 0.15) is 15.6 Å². The van der Waals surface area contributed by atoms with Crippen molar-refractivity contribution in [1.29, 1.82) is 0 Å². The van der Waals surface area contributed by atoms with Crippen LogP contribution < -0.4 is 21.1 Å². The van der Waals surface area contributed by atoms with Gasteiger partial charge in [0.15, 0.2) is 5.75 Å². The van der Waals surface area contributed by atoms with E-state index in [0.717, 1.165) is 11.5 Å². The summed E-state index contributed by atoms with van der Waals surface area (Å²) in [5, 5.41) is 6.96. The second kappa shape index (κ2) is 6.39.